The van der Waals surface area contributed by atoms with Gasteiger partial charge in [-0.25, -0.2) is 0 Å². The highest BCUT2D eigenvalue weighted by atomic mass is 35.5. The van der Waals surface area contributed by atoms with Crippen molar-refractivity contribution in [3.8, 4) is 5.75 Å². The first-order chi connectivity index (χ1) is 9.33. The van der Waals surface area contributed by atoms with Gasteiger partial charge in [0, 0.05) is 31.0 Å². The van der Waals surface area contributed by atoms with E-state index in [-0.39, 0.29) is 0 Å². The zero-order chi connectivity index (χ0) is 13.5. The Hall–Kier alpha value is -0.930. The van der Waals surface area contributed by atoms with Gasteiger partial charge >= 0.3 is 0 Å². The molecule has 4 heteroatoms. The van der Waals surface area contributed by atoms with Gasteiger partial charge in [0.15, 0.2) is 0 Å². The Morgan fingerprint density at radius 1 is 1.37 bits per heavy atom. The van der Waals surface area contributed by atoms with Crippen LogP contribution in [0.1, 0.15) is 25.3 Å². The van der Waals surface area contributed by atoms with Crippen LogP contribution in [0.25, 0.3) is 0 Å². The third-order valence-electron chi connectivity index (χ3n) is 3.44. The maximum Gasteiger partial charge on any atom is 0.123 e. The topological polar surface area (TPSA) is 30.5 Å². The lowest BCUT2D eigenvalue weighted by Crippen LogP contribution is -2.22. The summed E-state index contributed by atoms with van der Waals surface area (Å²) in [4.78, 5) is 0. The molecule has 0 aromatic heterocycles. The maximum absolute atomic E-state index is 5.96. The Kier molecular flexibility index (Phi) is 5.80. The molecule has 0 radical (unpaired) electrons. The fraction of sp³-hybridized carbons (Fsp3) is 0.600. The van der Waals surface area contributed by atoms with Crippen LogP contribution in [-0.4, -0.2) is 26.4 Å². The highest BCUT2D eigenvalue weighted by Gasteiger charge is 2.13. The number of anilines is 1. The van der Waals surface area contributed by atoms with Gasteiger partial charge in [0.2, 0.25) is 0 Å². The van der Waals surface area contributed by atoms with Crippen molar-refractivity contribution in [2.75, 3.05) is 31.7 Å². The normalized spacial score (nSPS) is 16.3. The molecule has 1 heterocycles. The van der Waals surface area contributed by atoms with Gasteiger partial charge in [-0.05, 0) is 43.9 Å². The molecule has 1 aromatic rings. The Labute approximate surface area is 120 Å². The number of alkyl halides is 1. The average Bonchev–Trinajstić information content (AvgIpc) is 2.47. The summed E-state index contributed by atoms with van der Waals surface area (Å²) in [6.45, 7) is 5.43. The molecule has 1 N–H and O–H groups in total. The van der Waals surface area contributed by atoms with Crippen LogP contribution >= 0.6 is 11.6 Å². The quantitative estimate of drug-likeness (QED) is 0.808. The van der Waals surface area contributed by atoms with Crippen LogP contribution < -0.4 is 10.1 Å². The van der Waals surface area contributed by atoms with Crippen molar-refractivity contribution >= 4 is 17.3 Å². The summed E-state index contributed by atoms with van der Waals surface area (Å²) in [5.74, 6) is 2.07. The van der Waals surface area contributed by atoms with E-state index in [2.05, 4.69) is 17.4 Å². The SMILES string of the molecule is CCOc1ccc(NCC2CCOCC2)cc1CCl. The molecule has 0 saturated carbocycles. The van der Waals surface area contributed by atoms with E-state index in [9.17, 15) is 0 Å². The van der Waals surface area contributed by atoms with Crippen LogP contribution in [-0.2, 0) is 10.6 Å². The molecular weight excluding hydrogens is 262 g/mol. The minimum atomic E-state index is 0.474. The van der Waals surface area contributed by atoms with E-state index >= 15 is 0 Å². The van der Waals surface area contributed by atoms with Crippen LogP contribution in [0.15, 0.2) is 18.2 Å². The third kappa shape index (κ3) is 4.29. The zero-order valence-electron chi connectivity index (χ0n) is 11.5. The molecule has 0 aliphatic carbocycles. The van der Waals surface area contributed by atoms with Gasteiger partial charge in [-0.15, -0.1) is 11.6 Å². The summed E-state index contributed by atoms with van der Waals surface area (Å²) in [5, 5.41) is 3.49. The van der Waals surface area contributed by atoms with E-state index in [1.165, 1.54) is 0 Å². The summed E-state index contributed by atoms with van der Waals surface area (Å²) in [6.07, 6.45) is 2.29. The third-order valence-corrected chi connectivity index (χ3v) is 3.73. The molecule has 3 nitrogen and oxygen atoms in total. The second-order valence-corrected chi connectivity index (χ2v) is 5.09. The van der Waals surface area contributed by atoms with Crippen molar-refractivity contribution in [2.24, 2.45) is 5.92 Å². The lowest BCUT2D eigenvalue weighted by molar-refractivity contribution is 0.0699. The highest BCUT2D eigenvalue weighted by Crippen LogP contribution is 2.25. The largest absolute Gasteiger partial charge is 0.494 e. The second-order valence-electron chi connectivity index (χ2n) is 4.83. The van der Waals surface area contributed by atoms with Crippen LogP contribution in [0.5, 0.6) is 5.75 Å². The lowest BCUT2D eigenvalue weighted by Gasteiger charge is -2.23. The smallest absolute Gasteiger partial charge is 0.123 e. The molecule has 1 aliphatic rings. The molecule has 2 rings (SSSR count). The molecule has 0 amide bonds. The summed E-state index contributed by atoms with van der Waals surface area (Å²) in [7, 11) is 0. The fourth-order valence-corrected chi connectivity index (χ4v) is 2.51. The summed E-state index contributed by atoms with van der Waals surface area (Å²) < 4.78 is 10.9. The Morgan fingerprint density at radius 2 is 2.16 bits per heavy atom. The van der Waals surface area contributed by atoms with Gasteiger partial charge in [0.1, 0.15) is 5.75 Å². The Morgan fingerprint density at radius 3 is 2.84 bits per heavy atom. The van der Waals surface area contributed by atoms with E-state index in [1.807, 2.05) is 13.0 Å². The number of hydrogen-bond donors (Lipinski definition) is 1. The van der Waals surface area contributed by atoms with Gasteiger partial charge in [-0.3, -0.25) is 0 Å². The molecule has 106 valence electrons. The molecule has 0 atom stereocenters. The molecule has 1 saturated heterocycles. The van der Waals surface area contributed by atoms with Crippen molar-refractivity contribution in [2.45, 2.75) is 25.6 Å². The van der Waals surface area contributed by atoms with Crippen molar-refractivity contribution in [3.05, 3.63) is 23.8 Å². The first kappa shape index (κ1) is 14.5. The first-order valence-electron chi connectivity index (χ1n) is 6.96. The molecule has 0 spiro atoms. The number of rotatable bonds is 6. The fourth-order valence-electron chi connectivity index (χ4n) is 2.30. The van der Waals surface area contributed by atoms with Gasteiger partial charge in [0.05, 0.1) is 12.5 Å². The van der Waals surface area contributed by atoms with Gasteiger partial charge < -0.3 is 14.8 Å². The number of ether oxygens (including phenoxy) is 2. The van der Waals surface area contributed by atoms with Crippen LogP contribution in [0.4, 0.5) is 5.69 Å². The van der Waals surface area contributed by atoms with Crippen LogP contribution in [0, 0.1) is 5.92 Å². The predicted molar refractivity (Wildman–Crippen MR) is 79.2 cm³/mol. The standard InChI is InChI=1S/C15H22ClNO2/c1-2-19-15-4-3-14(9-13(15)10-16)17-11-12-5-7-18-8-6-12/h3-4,9,12,17H,2,5-8,10-11H2,1H3. The summed E-state index contributed by atoms with van der Waals surface area (Å²) in [6, 6.07) is 6.13. The molecule has 0 unspecified atom stereocenters. The van der Waals surface area contributed by atoms with Crippen LogP contribution in [0.3, 0.4) is 0 Å². The summed E-state index contributed by atoms with van der Waals surface area (Å²) in [5.41, 5.74) is 2.16. The molecule has 1 aromatic carbocycles. The average molecular weight is 284 g/mol. The van der Waals surface area contributed by atoms with Gasteiger partial charge in [0.25, 0.3) is 0 Å². The molecular formula is C15H22ClNO2. The molecule has 1 aliphatic heterocycles. The van der Waals surface area contributed by atoms with E-state index in [0.717, 1.165) is 49.6 Å². The summed E-state index contributed by atoms with van der Waals surface area (Å²) >= 11 is 5.96. The van der Waals surface area contributed by atoms with Gasteiger partial charge in [-0.2, -0.15) is 0 Å². The molecule has 1 fully saturated rings. The van der Waals surface area contributed by atoms with Crippen molar-refractivity contribution in [1.82, 2.24) is 0 Å². The number of nitrogens with one attached hydrogen (secondary N) is 1. The van der Waals surface area contributed by atoms with E-state index < -0.39 is 0 Å². The number of hydrogen-bond acceptors (Lipinski definition) is 3. The molecule has 0 bridgehead atoms. The van der Waals surface area contributed by atoms with E-state index in [1.54, 1.807) is 0 Å². The van der Waals surface area contributed by atoms with Crippen LogP contribution in [0.2, 0.25) is 0 Å². The lowest BCUT2D eigenvalue weighted by atomic mass is 10.0. The number of halogens is 1. The van der Waals surface area contributed by atoms with Crippen molar-refractivity contribution in [3.63, 3.8) is 0 Å². The second kappa shape index (κ2) is 7.61. The predicted octanol–water partition coefficient (Wildman–Crippen LogP) is 3.66. The van der Waals surface area contributed by atoms with Crippen molar-refractivity contribution < 1.29 is 9.47 Å². The zero-order valence-corrected chi connectivity index (χ0v) is 12.2. The van der Waals surface area contributed by atoms with Crippen molar-refractivity contribution in [1.29, 1.82) is 0 Å². The minimum Gasteiger partial charge on any atom is -0.494 e. The molecule has 19 heavy (non-hydrogen) atoms. The monoisotopic (exact) mass is 283 g/mol. The van der Waals surface area contributed by atoms with E-state index in [0.29, 0.717) is 18.4 Å². The Bertz CT molecular complexity index is 392. The number of benzene rings is 1. The first-order valence-corrected chi connectivity index (χ1v) is 7.50. The van der Waals surface area contributed by atoms with Gasteiger partial charge in [-0.1, -0.05) is 0 Å². The Balaban J connectivity index is 1.92. The minimum absolute atomic E-state index is 0.474. The highest BCUT2D eigenvalue weighted by molar-refractivity contribution is 6.17. The maximum atomic E-state index is 5.96. The van der Waals surface area contributed by atoms with E-state index in [4.69, 9.17) is 21.1 Å².